The van der Waals surface area contributed by atoms with Gasteiger partial charge in [0.2, 0.25) is 6.04 Å². The molecular weight excluding hydrogens is 342 g/mol. The minimum absolute atomic E-state index is 0.312. The number of carbonyl (C=O) groups excluding carboxylic acids is 1. The van der Waals surface area contributed by atoms with Crippen molar-refractivity contribution in [1.82, 2.24) is 0 Å². The summed E-state index contributed by atoms with van der Waals surface area (Å²) in [5.41, 5.74) is 0. The van der Waals surface area contributed by atoms with Gasteiger partial charge in [0, 0.05) is 17.8 Å². The standard InChI is InChI=1S/C22H35NO4/c1-2-21(23(26)27)22(25)19-17-15-13-11-9-7-5-3-4-6-8-10-12-14-16-18-20-24/h5-9,11,15,17,20-22,25H,2-4,10,12-14,16,18-19H2,1H3/b7-5-,8-6-,11-9-,17-15-. The minimum Gasteiger partial charge on any atom is -0.386 e. The number of hydrogen-bond acceptors (Lipinski definition) is 4. The lowest BCUT2D eigenvalue weighted by Crippen LogP contribution is -2.32. The van der Waals surface area contributed by atoms with Gasteiger partial charge in [0.25, 0.3) is 0 Å². The summed E-state index contributed by atoms with van der Waals surface area (Å²) in [6.45, 7) is 1.71. The Morgan fingerprint density at radius 2 is 1.56 bits per heavy atom. The van der Waals surface area contributed by atoms with E-state index in [1.165, 1.54) is 0 Å². The Labute approximate surface area is 163 Å². The quantitative estimate of drug-likeness (QED) is 0.0926. The third-order valence-corrected chi connectivity index (χ3v) is 4.19. The minimum atomic E-state index is -0.922. The van der Waals surface area contributed by atoms with Gasteiger partial charge in [-0.15, -0.1) is 0 Å². The lowest BCUT2D eigenvalue weighted by Gasteiger charge is -2.12. The molecule has 0 saturated heterocycles. The van der Waals surface area contributed by atoms with Crippen molar-refractivity contribution in [3.8, 4) is 0 Å². The molecule has 0 amide bonds. The number of allylic oxidation sites excluding steroid dienone is 7. The lowest BCUT2D eigenvalue weighted by molar-refractivity contribution is -0.534. The Bertz CT molecular complexity index is 495. The molecule has 2 atom stereocenters. The van der Waals surface area contributed by atoms with Gasteiger partial charge in [0.05, 0.1) is 0 Å². The summed E-state index contributed by atoms with van der Waals surface area (Å²) in [5, 5.41) is 20.5. The predicted octanol–water partition coefficient (Wildman–Crippen LogP) is 5.34. The van der Waals surface area contributed by atoms with Crippen molar-refractivity contribution in [2.45, 2.75) is 83.3 Å². The fourth-order valence-electron chi connectivity index (χ4n) is 2.56. The molecule has 1 N–H and O–H groups in total. The first-order valence-electron chi connectivity index (χ1n) is 10.00. The molecule has 0 rings (SSSR count). The summed E-state index contributed by atoms with van der Waals surface area (Å²) in [5.74, 6) is 0. The van der Waals surface area contributed by atoms with Crippen molar-refractivity contribution >= 4 is 6.29 Å². The zero-order valence-electron chi connectivity index (χ0n) is 16.5. The molecule has 5 heteroatoms. The van der Waals surface area contributed by atoms with Gasteiger partial charge in [-0.2, -0.15) is 0 Å². The first-order valence-corrected chi connectivity index (χ1v) is 10.00. The monoisotopic (exact) mass is 377 g/mol. The summed E-state index contributed by atoms with van der Waals surface area (Å²) in [6, 6.07) is -0.885. The first-order chi connectivity index (χ1) is 13.1. The molecule has 0 aromatic carbocycles. The Morgan fingerprint density at radius 1 is 0.889 bits per heavy atom. The van der Waals surface area contributed by atoms with Crippen LogP contribution in [-0.4, -0.2) is 28.5 Å². The van der Waals surface area contributed by atoms with Crippen LogP contribution in [0.3, 0.4) is 0 Å². The van der Waals surface area contributed by atoms with Crippen LogP contribution in [0, 0.1) is 10.1 Å². The van der Waals surface area contributed by atoms with E-state index in [0.29, 0.717) is 19.3 Å². The SMILES string of the molecule is CCC(C(O)C/C=C\C/C=C\C=C/CC/C=C\CCCCCC=O)[N+](=O)[O-]. The largest absolute Gasteiger partial charge is 0.386 e. The molecule has 0 aliphatic rings. The van der Waals surface area contributed by atoms with E-state index in [9.17, 15) is 20.0 Å². The van der Waals surface area contributed by atoms with Crippen molar-refractivity contribution in [1.29, 1.82) is 0 Å². The second-order valence-corrected chi connectivity index (χ2v) is 6.48. The molecule has 0 saturated carbocycles. The van der Waals surface area contributed by atoms with Gasteiger partial charge in [0.1, 0.15) is 12.4 Å². The summed E-state index contributed by atoms with van der Waals surface area (Å²) >= 11 is 0. The summed E-state index contributed by atoms with van der Waals surface area (Å²) in [4.78, 5) is 20.5. The van der Waals surface area contributed by atoms with Gasteiger partial charge in [0.15, 0.2) is 0 Å². The zero-order chi connectivity index (χ0) is 20.2. The highest BCUT2D eigenvalue weighted by atomic mass is 16.6. The first kappa shape index (κ1) is 25.0. The molecule has 0 radical (unpaired) electrons. The number of aliphatic hydroxyl groups excluding tert-OH is 1. The predicted molar refractivity (Wildman–Crippen MR) is 111 cm³/mol. The molecule has 152 valence electrons. The fraction of sp³-hybridized carbons (Fsp3) is 0.591. The molecule has 0 heterocycles. The second-order valence-electron chi connectivity index (χ2n) is 6.48. The van der Waals surface area contributed by atoms with Gasteiger partial charge in [-0.3, -0.25) is 10.1 Å². The average Bonchev–Trinajstić information content (AvgIpc) is 2.64. The van der Waals surface area contributed by atoms with E-state index in [2.05, 4.69) is 18.2 Å². The van der Waals surface area contributed by atoms with E-state index in [4.69, 9.17) is 0 Å². The van der Waals surface area contributed by atoms with Crippen molar-refractivity contribution in [3.05, 3.63) is 58.7 Å². The summed E-state index contributed by atoms with van der Waals surface area (Å²) in [6.07, 6.45) is 24.8. The Hall–Kier alpha value is -2.01. The van der Waals surface area contributed by atoms with Crippen LogP contribution in [-0.2, 0) is 4.79 Å². The maximum absolute atomic E-state index is 10.7. The third-order valence-electron chi connectivity index (χ3n) is 4.19. The van der Waals surface area contributed by atoms with Crippen LogP contribution in [0.25, 0.3) is 0 Å². The molecular formula is C22H35NO4. The number of nitro groups is 1. The van der Waals surface area contributed by atoms with Crippen LogP contribution in [0.1, 0.15) is 71.1 Å². The number of nitrogens with zero attached hydrogens (tertiary/aromatic N) is 1. The van der Waals surface area contributed by atoms with E-state index in [1.807, 2.05) is 24.3 Å². The third kappa shape index (κ3) is 15.9. The van der Waals surface area contributed by atoms with E-state index in [0.717, 1.165) is 51.2 Å². The highest BCUT2D eigenvalue weighted by molar-refractivity contribution is 5.48. The van der Waals surface area contributed by atoms with Crippen LogP contribution < -0.4 is 0 Å². The van der Waals surface area contributed by atoms with Gasteiger partial charge in [-0.05, 0) is 44.9 Å². The Kier molecular flexibility index (Phi) is 17.4. The maximum atomic E-state index is 10.7. The average molecular weight is 378 g/mol. The molecule has 0 aliphatic carbocycles. The maximum Gasteiger partial charge on any atom is 0.238 e. The number of aliphatic hydroxyl groups is 1. The molecule has 0 bridgehead atoms. The van der Waals surface area contributed by atoms with Crippen LogP contribution in [0.2, 0.25) is 0 Å². The van der Waals surface area contributed by atoms with E-state index >= 15 is 0 Å². The van der Waals surface area contributed by atoms with Gasteiger partial charge in [-0.1, -0.05) is 62.0 Å². The van der Waals surface area contributed by atoms with Gasteiger partial charge in [-0.25, -0.2) is 0 Å². The van der Waals surface area contributed by atoms with Crippen molar-refractivity contribution in [2.24, 2.45) is 0 Å². The Morgan fingerprint density at radius 3 is 2.26 bits per heavy atom. The number of aldehydes is 1. The molecule has 2 unspecified atom stereocenters. The lowest BCUT2D eigenvalue weighted by atomic mass is 10.1. The normalized spacial score (nSPS) is 14.6. The fourth-order valence-corrected chi connectivity index (χ4v) is 2.56. The van der Waals surface area contributed by atoms with Crippen LogP contribution in [0.5, 0.6) is 0 Å². The van der Waals surface area contributed by atoms with Crippen molar-refractivity contribution in [2.75, 3.05) is 0 Å². The molecule has 0 aromatic heterocycles. The molecule has 0 aromatic rings. The van der Waals surface area contributed by atoms with Crippen LogP contribution in [0.4, 0.5) is 0 Å². The Balaban J connectivity index is 3.67. The van der Waals surface area contributed by atoms with Crippen LogP contribution >= 0.6 is 0 Å². The molecule has 0 spiro atoms. The number of unbranched alkanes of at least 4 members (excludes halogenated alkanes) is 5. The number of rotatable bonds is 17. The highest BCUT2D eigenvalue weighted by Crippen LogP contribution is 2.08. The summed E-state index contributed by atoms with van der Waals surface area (Å²) in [7, 11) is 0. The highest BCUT2D eigenvalue weighted by Gasteiger charge is 2.26. The summed E-state index contributed by atoms with van der Waals surface area (Å²) < 4.78 is 0. The number of carbonyl (C=O) groups is 1. The smallest absolute Gasteiger partial charge is 0.238 e. The zero-order valence-corrected chi connectivity index (χ0v) is 16.5. The topological polar surface area (TPSA) is 80.4 Å². The van der Waals surface area contributed by atoms with E-state index < -0.39 is 17.1 Å². The van der Waals surface area contributed by atoms with E-state index in [1.54, 1.807) is 13.0 Å². The van der Waals surface area contributed by atoms with Crippen molar-refractivity contribution < 1.29 is 14.8 Å². The molecule has 5 nitrogen and oxygen atoms in total. The number of hydrogen-bond donors (Lipinski definition) is 1. The second kappa shape index (κ2) is 18.8. The molecule has 0 aliphatic heterocycles. The van der Waals surface area contributed by atoms with Crippen LogP contribution in [0.15, 0.2) is 48.6 Å². The molecule has 0 fully saturated rings. The van der Waals surface area contributed by atoms with Gasteiger partial charge < -0.3 is 9.90 Å². The molecule has 27 heavy (non-hydrogen) atoms. The van der Waals surface area contributed by atoms with E-state index in [-0.39, 0.29) is 0 Å². The van der Waals surface area contributed by atoms with Gasteiger partial charge >= 0.3 is 0 Å². The van der Waals surface area contributed by atoms with Crippen molar-refractivity contribution in [3.63, 3.8) is 0 Å².